The highest BCUT2D eigenvalue weighted by Crippen LogP contribution is 2.39. The second-order valence-electron chi connectivity index (χ2n) is 4.79. The van der Waals surface area contributed by atoms with Crippen LogP contribution in [-0.4, -0.2) is 34.0 Å². The summed E-state index contributed by atoms with van der Waals surface area (Å²) in [6, 6.07) is -0.0658. The second-order valence-corrected chi connectivity index (χ2v) is 4.79. The predicted molar refractivity (Wildman–Crippen MR) is 56.4 cm³/mol. The molecule has 1 fully saturated rings. The highest BCUT2D eigenvalue weighted by atomic mass is 16.4. The van der Waals surface area contributed by atoms with E-state index in [0.29, 0.717) is 25.2 Å². The van der Waals surface area contributed by atoms with E-state index in [2.05, 4.69) is 0 Å². The third-order valence-electron chi connectivity index (χ3n) is 3.30. The number of carbonyl (C=O) groups excluding carboxylic acids is 1. The monoisotopic (exact) mass is 213 g/mol. The van der Waals surface area contributed by atoms with Crippen LogP contribution < -0.4 is 0 Å². The van der Waals surface area contributed by atoms with Crippen molar-refractivity contribution in [2.24, 2.45) is 5.92 Å². The van der Waals surface area contributed by atoms with E-state index in [1.54, 1.807) is 0 Å². The van der Waals surface area contributed by atoms with E-state index in [-0.39, 0.29) is 6.04 Å². The smallest absolute Gasteiger partial charge is 0.329 e. The summed E-state index contributed by atoms with van der Waals surface area (Å²) in [5, 5.41) is 9.33. The van der Waals surface area contributed by atoms with Crippen molar-refractivity contribution < 1.29 is 14.7 Å². The highest BCUT2D eigenvalue weighted by molar-refractivity contribution is 5.82. The van der Waals surface area contributed by atoms with Gasteiger partial charge in [-0.1, -0.05) is 6.92 Å². The number of carboxylic acid groups (broad SMARTS) is 1. The summed E-state index contributed by atoms with van der Waals surface area (Å²) in [6.45, 7) is 5.73. The molecule has 0 aliphatic heterocycles. The first-order valence-corrected chi connectivity index (χ1v) is 5.41. The number of nitrogens with zero attached hydrogens (tertiary/aromatic N) is 1. The van der Waals surface area contributed by atoms with Crippen LogP contribution in [0.15, 0.2) is 0 Å². The summed E-state index contributed by atoms with van der Waals surface area (Å²) in [5.74, 6) is -0.491. The quantitative estimate of drug-likeness (QED) is 0.720. The van der Waals surface area contributed by atoms with Gasteiger partial charge in [-0.2, -0.15) is 0 Å². The highest BCUT2D eigenvalue weighted by Gasteiger charge is 2.49. The molecular formula is C11H19NO3. The van der Waals surface area contributed by atoms with Crippen LogP contribution in [0.5, 0.6) is 0 Å². The molecule has 0 saturated heterocycles. The Hall–Kier alpha value is -1.06. The molecule has 1 rings (SSSR count). The Morgan fingerprint density at radius 3 is 2.47 bits per heavy atom. The zero-order chi connectivity index (χ0) is 11.6. The number of hydrogen-bond donors (Lipinski definition) is 1. The molecule has 2 unspecified atom stereocenters. The lowest BCUT2D eigenvalue weighted by Gasteiger charge is -2.38. The van der Waals surface area contributed by atoms with Gasteiger partial charge < -0.3 is 10.0 Å². The molecule has 1 saturated carbocycles. The summed E-state index contributed by atoms with van der Waals surface area (Å²) in [6.07, 6.45) is 2.69. The largest absolute Gasteiger partial charge is 0.479 e. The average Bonchev–Trinajstić information content (AvgIpc) is 2.49. The lowest BCUT2D eigenvalue weighted by Crippen LogP contribution is -2.55. The molecule has 1 aliphatic rings. The molecule has 1 aliphatic carbocycles. The summed E-state index contributed by atoms with van der Waals surface area (Å²) in [5.41, 5.74) is -0.963. The summed E-state index contributed by atoms with van der Waals surface area (Å²) >= 11 is 0. The lowest BCUT2D eigenvalue weighted by atomic mass is 9.93. The van der Waals surface area contributed by atoms with Crippen molar-refractivity contribution in [2.45, 2.75) is 51.6 Å². The maximum absolute atomic E-state index is 11.4. The minimum absolute atomic E-state index is 0.0658. The Morgan fingerprint density at radius 2 is 2.20 bits per heavy atom. The standard InChI is InChI=1S/C11H19NO3/c1-8(2)12(7-13)11(10(14)15)5-4-9(3)6-11/h7-9H,4-6H2,1-3H3,(H,14,15). The molecule has 1 N–H and O–H groups in total. The number of carbonyl (C=O) groups is 2. The SMILES string of the molecule is CC1CCC(C(=O)O)(N(C=O)C(C)C)C1. The van der Waals surface area contributed by atoms with E-state index in [0.717, 1.165) is 6.42 Å². The van der Waals surface area contributed by atoms with Crippen LogP contribution >= 0.6 is 0 Å². The number of amides is 1. The molecule has 15 heavy (non-hydrogen) atoms. The molecule has 0 radical (unpaired) electrons. The fourth-order valence-corrected chi connectivity index (χ4v) is 2.52. The van der Waals surface area contributed by atoms with Gasteiger partial charge in [0, 0.05) is 6.04 Å². The van der Waals surface area contributed by atoms with Gasteiger partial charge in [0.2, 0.25) is 6.41 Å². The number of hydrogen-bond acceptors (Lipinski definition) is 2. The van der Waals surface area contributed by atoms with Crippen LogP contribution in [0.1, 0.15) is 40.0 Å². The fraction of sp³-hybridized carbons (Fsp3) is 0.818. The molecular weight excluding hydrogens is 194 g/mol. The summed E-state index contributed by atoms with van der Waals surface area (Å²) in [7, 11) is 0. The molecule has 0 spiro atoms. The van der Waals surface area contributed by atoms with Crippen molar-refractivity contribution in [1.82, 2.24) is 4.90 Å². The Kier molecular flexibility index (Phi) is 3.37. The van der Waals surface area contributed by atoms with E-state index in [1.807, 2.05) is 20.8 Å². The van der Waals surface area contributed by atoms with Crippen molar-refractivity contribution in [3.63, 3.8) is 0 Å². The maximum Gasteiger partial charge on any atom is 0.329 e. The summed E-state index contributed by atoms with van der Waals surface area (Å²) < 4.78 is 0. The van der Waals surface area contributed by atoms with Crippen LogP contribution in [0.4, 0.5) is 0 Å². The molecule has 4 nitrogen and oxygen atoms in total. The van der Waals surface area contributed by atoms with Crippen molar-refractivity contribution in [3.8, 4) is 0 Å². The Morgan fingerprint density at radius 1 is 1.60 bits per heavy atom. The van der Waals surface area contributed by atoms with Gasteiger partial charge >= 0.3 is 5.97 Å². The zero-order valence-electron chi connectivity index (χ0n) is 9.56. The maximum atomic E-state index is 11.4. The van der Waals surface area contributed by atoms with Gasteiger partial charge in [0.25, 0.3) is 0 Å². The van der Waals surface area contributed by atoms with Crippen molar-refractivity contribution in [2.75, 3.05) is 0 Å². The van der Waals surface area contributed by atoms with Crippen LogP contribution in [0, 0.1) is 5.92 Å². The second kappa shape index (κ2) is 4.21. The molecule has 4 heteroatoms. The molecule has 86 valence electrons. The third kappa shape index (κ3) is 1.98. The first-order valence-electron chi connectivity index (χ1n) is 5.41. The van der Waals surface area contributed by atoms with Crippen LogP contribution in [-0.2, 0) is 9.59 Å². The number of aliphatic carboxylic acids is 1. The lowest BCUT2D eigenvalue weighted by molar-refractivity contribution is -0.156. The topological polar surface area (TPSA) is 57.6 Å². The first-order chi connectivity index (χ1) is 6.94. The van der Waals surface area contributed by atoms with Crippen molar-refractivity contribution in [1.29, 1.82) is 0 Å². The molecule has 0 bridgehead atoms. The van der Waals surface area contributed by atoms with E-state index >= 15 is 0 Å². The fourth-order valence-electron chi connectivity index (χ4n) is 2.52. The van der Waals surface area contributed by atoms with Crippen LogP contribution in [0.3, 0.4) is 0 Å². The van der Waals surface area contributed by atoms with Gasteiger partial charge in [-0.3, -0.25) is 4.79 Å². The summed E-state index contributed by atoms with van der Waals surface area (Å²) in [4.78, 5) is 23.8. The van der Waals surface area contributed by atoms with Gasteiger partial charge in [-0.25, -0.2) is 4.79 Å². The van der Waals surface area contributed by atoms with E-state index in [1.165, 1.54) is 4.90 Å². The molecule has 0 aromatic heterocycles. The first kappa shape index (κ1) is 12.0. The average molecular weight is 213 g/mol. The van der Waals surface area contributed by atoms with Crippen LogP contribution in [0.25, 0.3) is 0 Å². The van der Waals surface area contributed by atoms with Gasteiger partial charge in [-0.15, -0.1) is 0 Å². The Labute approximate surface area is 90.3 Å². The van der Waals surface area contributed by atoms with Crippen molar-refractivity contribution >= 4 is 12.4 Å². The van der Waals surface area contributed by atoms with Gasteiger partial charge in [0.05, 0.1) is 0 Å². The Bertz CT molecular complexity index is 265. The van der Waals surface area contributed by atoms with E-state index < -0.39 is 11.5 Å². The predicted octanol–water partition coefficient (Wildman–Crippen LogP) is 1.50. The van der Waals surface area contributed by atoms with Gasteiger partial charge in [-0.05, 0) is 39.0 Å². The number of carboxylic acids is 1. The van der Waals surface area contributed by atoms with E-state index in [4.69, 9.17) is 0 Å². The normalized spacial score (nSPS) is 30.5. The Balaban J connectivity index is 3.00. The molecule has 0 heterocycles. The minimum atomic E-state index is -0.963. The zero-order valence-corrected chi connectivity index (χ0v) is 9.56. The van der Waals surface area contributed by atoms with Gasteiger partial charge in [0.1, 0.15) is 5.54 Å². The van der Waals surface area contributed by atoms with E-state index in [9.17, 15) is 14.7 Å². The minimum Gasteiger partial charge on any atom is -0.479 e. The third-order valence-corrected chi connectivity index (χ3v) is 3.30. The van der Waals surface area contributed by atoms with Crippen molar-refractivity contribution in [3.05, 3.63) is 0 Å². The molecule has 0 aromatic carbocycles. The van der Waals surface area contributed by atoms with Crippen LogP contribution in [0.2, 0.25) is 0 Å². The molecule has 0 aromatic rings. The van der Waals surface area contributed by atoms with Gasteiger partial charge in [0.15, 0.2) is 0 Å². The molecule has 1 amide bonds. The number of rotatable bonds is 4. The molecule has 2 atom stereocenters.